The molecular weight excluding hydrogens is 193 g/mol. The average Bonchev–Trinajstić information content (AvgIpc) is 2.53. The van der Waals surface area contributed by atoms with Crippen molar-refractivity contribution < 1.29 is 14.6 Å². The molecule has 5 heteroatoms. The molecule has 15 heavy (non-hydrogen) atoms. The second-order valence-corrected chi connectivity index (χ2v) is 4.60. The Morgan fingerprint density at radius 1 is 1.73 bits per heavy atom. The molecule has 4 nitrogen and oxygen atoms in total. The molecule has 0 unspecified atom stereocenters. The summed E-state index contributed by atoms with van der Waals surface area (Å²) in [6.45, 7) is 3.92. The fourth-order valence-electron chi connectivity index (χ4n) is 2.60. The molecule has 0 aromatic carbocycles. The van der Waals surface area contributed by atoms with Crippen LogP contribution in [0.15, 0.2) is 0 Å². The van der Waals surface area contributed by atoms with Gasteiger partial charge >= 0.3 is 13.6 Å². The lowest BCUT2D eigenvalue weighted by Crippen LogP contribution is -2.34. The van der Waals surface area contributed by atoms with Crippen LogP contribution in [-0.4, -0.2) is 31.8 Å². The van der Waals surface area contributed by atoms with Crippen molar-refractivity contribution >= 4 is 13.6 Å². The Hall–Kier alpha value is -0.545. The topological polar surface area (TPSA) is 58.6 Å². The Morgan fingerprint density at radius 2 is 2.40 bits per heavy atom. The molecule has 0 amide bonds. The number of carbonyl (C=O) groups is 1. The maximum absolute atomic E-state index is 11.3. The van der Waals surface area contributed by atoms with Crippen molar-refractivity contribution in [2.45, 2.75) is 39.2 Å². The molecule has 1 rings (SSSR count). The number of hydrogen-bond acceptors (Lipinski definition) is 3. The van der Waals surface area contributed by atoms with Gasteiger partial charge < -0.3 is 15.0 Å². The summed E-state index contributed by atoms with van der Waals surface area (Å²) in [5, 5.41) is 12.5. The zero-order valence-corrected chi connectivity index (χ0v) is 9.75. The lowest BCUT2D eigenvalue weighted by molar-refractivity contribution is -0.150. The smallest absolute Gasteiger partial charge is 0.360 e. The fraction of sp³-hybridized carbons (Fsp3) is 0.900. The first kappa shape index (κ1) is 12.5. The van der Waals surface area contributed by atoms with Crippen LogP contribution in [0.1, 0.15) is 33.1 Å². The zero-order valence-electron chi connectivity index (χ0n) is 9.75. The van der Waals surface area contributed by atoms with Gasteiger partial charge in [0, 0.05) is 7.11 Å². The van der Waals surface area contributed by atoms with Crippen LogP contribution in [0, 0.1) is 11.3 Å². The number of hydrogen-bond donors (Lipinski definition) is 2. The lowest BCUT2D eigenvalue weighted by atomic mass is 9.78. The summed E-state index contributed by atoms with van der Waals surface area (Å²) in [6.07, 6.45) is 2.56. The Balaban J connectivity index is 2.62. The van der Waals surface area contributed by atoms with Crippen LogP contribution in [0.2, 0.25) is 0 Å². The molecule has 1 fully saturated rings. The van der Waals surface area contributed by atoms with E-state index in [0.717, 1.165) is 12.8 Å². The highest BCUT2D eigenvalue weighted by Crippen LogP contribution is 2.45. The van der Waals surface area contributed by atoms with E-state index >= 15 is 0 Å². The first-order chi connectivity index (χ1) is 7.04. The monoisotopic (exact) mass is 213 g/mol. The Morgan fingerprint density at radius 3 is 2.80 bits per heavy atom. The number of aliphatic carboxylic acids is 1. The summed E-state index contributed by atoms with van der Waals surface area (Å²) in [4.78, 5) is 11.3. The molecule has 0 bridgehead atoms. The van der Waals surface area contributed by atoms with E-state index in [9.17, 15) is 9.90 Å². The lowest BCUT2D eigenvalue weighted by Gasteiger charge is -2.25. The third-order valence-electron chi connectivity index (χ3n) is 3.64. The van der Waals surface area contributed by atoms with Crippen molar-refractivity contribution in [2.75, 3.05) is 7.11 Å². The normalized spacial score (nSPS) is 35.4. The molecule has 0 saturated heterocycles. The van der Waals surface area contributed by atoms with E-state index in [1.54, 1.807) is 7.11 Å². The molecule has 1 aliphatic rings. The van der Waals surface area contributed by atoms with E-state index in [4.69, 9.17) is 4.65 Å². The van der Waals surface area contributed by atoms with Gasteiger partial charge in [0.1, 0.15) is 0 Å². The van der Waals surface area contributed by atoms with Crippen molar-refractivity contribution in [3.8, 4) is 0 Å². The predicted octanol–water partition coefficient (Wildman–Crippen LogP) is 0.768. The predicted molar refractivity (Wildman–Crippen MR) is 59.8 cm³/mol. The maximum Gasteiger partial charge on any atom is 0.360 e. The summed E-state index contributed by atoms with van der Waals surface area (Å²) in [7, 11) is 2.13. The summed E-state index contributed by atoms with van der Waals surface area (Å²) >= 11 is 0. The second kappa shape index (κ2) is 4.99. The maximum atomic E-state index is 11.3. The first-order valence-corrected chi connectivity index (χ1v) is 5.50. The number of carboxylic acid groups (broad SMARTS) is 1. The molecule has 0 aliphatic heterocycles. The van der Waals surface area contributed by atoms with E-state index in [1.165, 1.54) is 0 Å². The van der Waals surface area contributed by atoms with Crippen molar-refractivity contribution in [3.05, 3.63) is 0 Å². The molecule has 0 heterocycles. The Bertz CT molecular complexity index is 237. The standard InChI is InChI=1S/C10H20BNO3/c1-4-7-5-8(12-11-15-3)6-10(7,2)9(13)14/h7-8,11-12H,4-6H2,1-3H3,(H,13,14)/t7-,8+,10+/m1/s1. The van der Waals surface area contributed by atoms with E-state index in [-0.39, 0.29) is 12.0 Å². The number of rotatable bonds is 5. The molecule has 0 aromatic rings. The average molecular weight is 213 g/mol. The first-order valence-electron chi connectivity index (χ1n) is 5.50. The molecule has 1 aliphatic carbocycles. The zero-order chi connectivity index (χ0) is 11.5. The molecule has 0 aromatic heterocycles. The molecule has 0 spiro atoms. The van der Waals surface area contributed by atoms with Crippen LogP contribution in [-0.2, 0) is 9.45 Å². The molecule has 2 N–H and O–H groups in total. The van der Waals surface area contributed by atoms with Crippen LogP contribution in [0.5, 0.6) is 0 Å². The fourth-order valence-corrected chi connectivity index (χ4v) is 2.60. The van der Waals surface area contributed by atoms with E-state index in [1.807, 2.05) is 6.92 Å². The van der Waals surface area contributed by atoms with Gasteiger partial charge in [-0.15, -0.1) is 0 Å². The largest absolute Gasteiger partial charge is 0.481 e. The van der Waals surface area contributed by atoms with Crippen molar-refractivity contribution in [3.63, 3.8) is 0 Å². The Kier molecular flexibility index (Phi) is 4.17. The van der Waals surface area contributed by atoms with Crippen molar-refractivity contribution in [2.24, 2.45) is 11.3 Å². The van der Waals surface area contributed by atoms with Gasteiger partial charge in [0.25, 0.3) is 0 Å². The summed E-state index contributed by atoms with van der Waals surface area (Å²) < 4.78 is 4.94. The SMILES string of the molecule is CC[C@@H]1C[C@H](NBOC)C[C@]1(C)C(=O)O. The van der Waals surface area contributed by atoms with Crippen LogP contribution in [0.3, 0.4) is 0 Å². The quantitative estimate of drug-likeness (QED) is 0.662. The molecule has 1 saturated carbocycles. The van der Waals surface area contributed by atoms with Gasteiger partial charge in [-0.3, -0.25) is 4.79 Å². The van der Waals surface area contributed by atoms with Crippen LogP contribution >= 0.6 is 0 Å². The summed E-state index contributed by atoms with van der Waals surface area (Å²) in [5.74, 6) is -0.402. The van der Waals surface area contributed by atoms with E-state index in [0.29, 0.717) is 14.0 Å². The van der Waals surface area contributed by atoms with Crippen molar-refractivity contribution in [1.29, 1.82) is 0 Å². The minimum atomic E-state index is -0.670. The van der Waals surface area contributed by atoms with Gasteiger partial charge in [0.2, 0.25) is 0 Å². The van der Waals surface area contributed by atoms with E-state index < -0.39 is 11.4 Å². The second-order valence-electron chi connectivity index (χ2n) is 4.60. The van der Waals surface area contributed by atoms with Gasteiger partial charge in [-0.25, -0.2) is 0 Å². The third-order valence-corrected chi connectivity index (χ3v) is 3.64. The highest BCUT2D eigenvalue weighted by Gasteiger charge is 2.48. The van der Waals surface area contributed by atoms with E-state index in [2.05, 4.69) is 12.2 Å². The van der Waals surface area contributed by atoms with Crippen molar-refractivity contribution in [1.82, 2.24) is 5.23 Å². The minimum absolute atomic E-state index is 0.268. The van der Waals surface area contributed by atoms with Gasteiger partial charge in [-0.05, 0) is 31.7 Å². The van der Waals surface area contributed by atoms with Gasteiger partial charge in [0.05, 0.1) is 5.41 Å². The minimum Gasteiger partial charge on any atom is -0.481 e. The highest BCUT2D eigenvalue weighted by atomic mass is 16.4. The third kappa shape index (κ3) is 2.52. The van der Waals surface area contributed by atoms with Crippen LogP contribution < -0.4 is 5.23 Å². The Labute approximate surface area is 91.7 Å². The van der Waals surface area contributed by atoms with Crippen LogP contribution in [0.25, 0.3) is 0 Å². The molecular formula is C10H20BNO3. The summed E-state index contributed by atoms with van der Waals surface area (Å²) in [6, 6.07) is 0.274. The molecule has 0 radical (unpaired) electrons. The summed E-state index contributed by atoms with van der Waals surface area (Å²) in [5.41, 5.74) is -0.569. The number of carboxylic acids is 1. The van der Waals surface area contributed by atoms with Gasteiger partial charge in [-0.1, -0.05) is 13.3 Å². The molecule has 86 valence electrons. The van der Waals surface area contributed by atoms with Gasteiger partial charge in [-0.2, -0.15) is 0 Å². The van der Waals surface area contributed by atoms with Gasteiger partial charge in [0.15, 0.2) is 0 Å². The number of nitrogens with one attached hydrogen (secondary N) is 1. The molecule has 3 atom stereocenters. The highest BCUT2D eigenvalue weighted by molar-refractivity contribution is 6.23. The van der Waals surface area contributed by atoms with Crippen LogP contribution in [0.4, 0.5) is 0 Å².